The molecular weight excluding hydrogens is 314 g/mol. The molecule has 4 rings (SSSR count). The highest BCUT2D eigenvalue weighted by Crippen LogP contribution is 2.24. The van der Waals surface area contributed by atoms with Crippen LogP contribution in [0.25, 0.3) is 0 Å². The summed E-state index contributed by atoms with van der Waals surface area (Å²) in [4.78, 5) is 27.5. The van der Waals surface area contributed by atoms with Gasteiger partial charge in [0.1, 0.15) is 6.04 Å². The lowest BCUT2D eigenvalue weighted by Crippen LogP contribution is -2.54. The summed E-state index contributed by atoms with van der Waals surface area (Å²) in [6, 6.07) is 8.08. The third kappa shape index (κ3) is 3.43. The van der Waals surface area contributed by atoms with Gasteiger partial charge in [-0.25, -0.2) is 0 Å². The zero-order valence-corrected chi connectivity index (χ0v) is 14.7. The van der Waals surface area contributed by atoms with Gasteiger partial charge in [0.25, 0.3) is 0 Å². The van der Waals surface area contributed by atoms with Crippen LogP contribution in [0.3, 0.4) is 0 Å². The first-order chi connectivity index (χ1) is 12.2. The molecule has 0 bridgehead atoms. The minimum Gasteiger partial charge on any atom is -0.352 e. The van der Waals surface area contributed by atoms with Crippen LogP contribution in [0.1, 0.15) is 49.7 Å². The second-order valence-corrected chi connectivity index (χ2v) is 7.59. The number of carbonyl (C=O) groups excluding carboxylic acids is 2. The molecule has 5 nitrogen and oxygen atoms in total. The van der Waals surface area contributed by atoms with Crippen molar-refractivity contribution in [1.29, 1.82) is 0 Å². The van der Waals surface area contributed by atoms with Crippen molar-refractivity contribution in [3.63, 3.8) is 0 Å². The number of hydrogen-bond donors (Lipinski definition) is 2. The first-order valence-electron chi connectivity index (χ1n) is 9.63. The van der Waals surface area contributed by atoms with E-state index in [2.05, 4.69) is 22.8 Å². The van der Waals surface area contributed by atoms with Crippen LogP contribution in [0, 0.1) is 0 Å². The Bertz CT molecular complexity index is 654. The third-order valence-corrected chi connectivity index (χ3v) is 5.92. The summed E-state index contributed by atoms with van der Waals surface area (Å²) in [5, 5.41) is 6.53. The van der Waals surface area contributed by atoms with Crippen LogP contribution >= 0.6 is 0 Å². The molecule has 1 saturated heterocycles. The summed E-state index contributed by atoms with van der Waals surface area (Å²) in [7, 11) is 0. The maximum atomic E-state index is 13.0. The van der Waals surface area contributed by atoms with Gasteiger partial charge in [-0.2, -0.15) is 0 Å². The molecule has 1 aromatic carbocycles. The number of rotatable bonds is 3. The van der Waals surface area contributed by atoms with Gasteiger partial charge in [0.15, 0.2) is 0 Å². The van der Waals surface area contributed by atoms with Gasteiger partial charge in [-0.3, -0.25) is 9.59 Å². The average molecular weight is 341 g/mol. The molecule has 2 heterocycles. The molecule has 0 radical (unpaired) electrons. The van der Waals surface area contributed by atoms with Gasteiger partial charge >= 0.3 is 0 Å². The highest BCUT2D eigenvalue weighted by atomic mass is 16.2. The normalized spacial score (nSPS) is 26.5. The lowest BCUT2D eigenvalue weighted by molar-refractivity contribution is -0.140. The molecule has 2 aliphatic heterocycles. The van der Waals surface area contributed by atoms with Crippen LogP contribution in [-0.2, 0) is 22.6 Å². The molecule has 1 saturated carbocycles. The molecule has 2 amide bonds. The summed E-state index contributed by atoms with van der Waals surface area (Å²) < 4.78 is 0. The van der Waals surface area contributed by atoms with Crippen molar-refractivity contribution in [2.75, 3.05) is 6.54 Å². The van der Waals surface area contributed by atoms with Crippen LogP contribution in [0.4, 0.5) is 0 Å². The fourth-order valence-corrected chi connectivity index (χ4v) is 4.50. The molecule has 0 aromatic heterocycles. The van der Waals surface area contributed by atoms with Crippen LogP contribution in [0.2, 0.25) is 0 Å². The summed E-state index contributed by atoms with van der Waals surface area (Å²) in [6.45, 7) is 1.42. The molecule has 25 heavy (non-hydrogen) atoms. The zero-order valence-electron chi connectivity index (χ0n) is 14.7. The minimum atomic E-state index is -0.285. The fraction of sp³-hybridized carbons (Fsp3) is 0.600. The number of benzene rings is 1. The van der Waals surface area contributed by atoms with Crippen molar-refractivity contribution >= 4 is 11.8 Å². The van der Waals surface area contributed by atoms with Crippen LogP contribution in [0.5, 0.6) is 0 Å². The maximum absolute atomic E-state index is 13.0. The first-order valence-corrected chi connectivity index (χ1v) is 9.63. The SMILES string of the molecule is O=C(NC1CCCC1)[C@H]1CCCN1C(=O)[C@@H]1Cc2ccccc2CN1. The number of amides is 2. The Morgan fingerprint density at radius 2 is 1.80 bits per heavy atom. The van der Waals surface area contributed by atoms with E-state index in [1.807, 2.05) is 17.0 Å². The van der Waals surface area contributed by atoms with Gasteiger partial charge in [0, 0.05) is 19.1 Å². The van der Waals surface area contributed by atoms with E-state index in [9.17, 15) is 9.59 Å². The lowest BCUT2D eigenvalue weighted by atomic mass is 9.95. The van der Waals surface area contributed by atoms with Gasteiger partial charge in [0.05, 0.1) is 6.04 Å². The van der Waals surface area contributed by atoms with E-state index in [1.54, 1.807) is 0 Å². The molecule has 0 unspecified atom stereocenters. The van der Waals surface area contributed by atoms with Crippen LogP contribution in [-0.4, -0.2) is 41.4 Å². The van der Waals surface area contributed by atoms with Crippen molar-refractivity contribution in [2.24, 2.45) is 0 Å². The standard InChI is InChI=1S/C20H27N3O2/c24-19(22-16-8-3-4-9-16)18-10-5-11-23(18)20(25)17-12-14-6-1-2-7-15(14)13-21-17/h1-2,6-7,16-18,21H,3-5,8-13H2,(H,22,24)/t17-,18+/m0/s1. The van der Waals surface area contributed by atoms with E-state index in [4.69, 9.17) is 0 Å². The Balaban J connectivity index is 1.41. The monoisotopic (exact) mass is 341 g/mol. The molecule has 134 valence electrons. The van der Waals surface area contributed by atoms with Gasteiger partial charge in [-0.15, -0.1) is 0 Å². The van der Waals surface area contributed by atoms with Crippen molar-refractivity contribution in [3.8, 4) is 0 Å². The predicted octanol–water partition coefficient (Wildman–Crippen LogP) is 1.75. The van der Waals surface area contributed by atoms with E-state index in [1.165, 1.54) is 24.0 Å². The number of nitrogens with zero attached hydrogens (tertiary/aromatic N) is 1. The van der Waals surface area contributed by atoms with Gasteiger partial charge in [-0.1, -0.05) is 37.1 Å². The Morgan fingerprint density at radius 3 is 2.60 bits per heavy atom. The molecule has 1 aromatic rings. The van der Waals surface area contributed by atoms with E-state index >= 15 is 0 Å². The number of fused-ring (bicyclic) bond motifs is 1. The summed E-state index contributed by atoms with van der Waals surface area (Å²) >= 11 is 0. The number of likely N-dealkylation sites (tertiary alicyclic amines) is 1. The van der Waals surface area contributed by atoms with Crippen molar-refractivity contribution in [2.45, 2.75) is 69.6 Å². The Morgan fingerprint density at radius 1 is 1.04 bits per heavy atom. The quantitative estimate of drug-likeness (QED) is 0.880. The fourth-order valence-electron chi connectivity index (χ4n) is 4.50. The molecular formula is C20H27N3O2. The molecule has 1 aliphatic carbocycles. The highest BCUT2D eigenvalue weighted by Gasteiger charge is 2.38. The second-order valence-electron chi connectivity index (χ2n) is 7.59. The van der Waals surface area contributed by atoms with E-state index in [0.717, 1.165) is 32.2 Å². The Labute approximate surface area is 149 Å². The number of carbonyl (C=O) groups is 2. The molecule has 0 spiro atoms. The van der Waals surface area contributed by atoms with Crippen molar-refractivity contribution in [1.82, 2.24) is 15.5 Å². The zero-order chi connectivity index (χ0) is 17.2. The third-order valence-electron chi connectivity index (χ3n) is 5.92. The molecule has 2 fully saturated rings. The predicted molar refractivity (Wildman–Crippen MR) is 95.9 cm³/mol. The first kappa shape index (κ1) is 16.6. The summed E-state index contributed by atoms with van der Waals surface area (Å²) in [5.74, 6) is 0.132. The van der Waals surface area contributed by atoms with E-state index < -0.39 is 0 Å². The highest BCUT2D eigenvalue weighted by molar-refractivity contribution is 5.90. The maximum Gasteiger partial charge on any atom is 0.243 e. The van der Waals surface area contributed by atoms with Crippen molar-refractivity contribution in [3.05, 3.63) is 35.4 Å². The number of hydrogen-bond acceptors (Lipinski definition) is 3. The van der Waals surface area contributed by atoms with Crippen LogP contribution < -0.4 is 10.6 Å². The molecule has 2 N–H and O–H groups in total. The number of nitrogens with one attached hydrogen (secondary N) is 2. The lowest BCUT2D eigenvalue weighted by Gasteiger charge is -2.32. The van der Waals surface area contributed by atoms with Gasteiger partial charge in [-0.05, 0) is 43.2 Å². The largest absolute Gasteiger partial charge is 0.352 e. The summed E-state index contributed by atoms with van der Waals surface area (Å²) in [5.41, 5.74) is 2.51. The second kappa shape index (κ2) is 7.16. The molecule has 5 heteroatoms. The molecule has 2 atom stereocenters. The Hall–Kier alpha value is -1.88. The van der Waals surface area contributed by atoms with Crippen LogP contribution in [0.15, 0.2) is 24.3 Å². The molecule has 3 aliphatic rings. The smallest absolute Gasteiger partial charge is 0.243 e. The van der Waals surface area contributed by atoms with Gasteiger partial charge in [0.2, 0.25) is 11.8 Å². The Kier molecular flexibility index (Phi) is 4.75. The van der Waals surface area contributed by atoms with Crippen molar-refractivity contribution < 1.29 is 9.59 Å². The van der Waals surface area contributed by atoms with E-state index in [-0.39, 0.29) is 23.9 Å². The van der Waals surface area contributed by atoms with Gasteiger partial charge < -0.3 is 15.5 Å². The topological polar surface area (TPSA) is 61.4 Å². The summed E-state index contributed by atoms with van der Waals surface area (Å²) in [6.07, 6.45) is 6.96. The average Bonchev–Trinajstić information content (AvgIpc) is 3.32. The van der Waals surface area contributed by atoms with E-state index in [0.29, 0.717) is 19.0 Å². The minimum absolute atomic E-state index is 0.0500.